The van der Waals surface area contributed by atoms with Gasteiger partial charge in [0, 0.05) is 17.8 Å². The predicted octanol–water partition coefficient (Wildman–Crippen LogP) is 4.88. The smallest absolute Gasteiger partial charge is 0.123 e. The number of para-hydroxylation sites is 1. The van der Waals surface area contributed by atoms with Crippen molar-refractivity contribution in [3.8, 4) is 16.9 Å². The Morgan fingerprint density at radius 1 is 0.870 bits per heavy atom. The summed E-state index contributed by atoms with van der Waals surface area (Å²) in [5.74, 6) is 0.925. The monoisotopic (exact) mass is 301 g/mol. The average molecular weight is 301 g/mol. The second-order valence-corrected chi connectivity index (χ2v) is 5.87. The molecule has 2 heteroatoms. The minimum atomic E-state index is 0.760. The molecular formula is C21H19NO. The Morgan fingerprint density at radius 3 is 2.57 bits per heavy atom. The van der Waals surface area contributed by atoms with Crippen LogP contribution in [0.3, 0.4) is 0 Å². The van der Waals surface area contributed by atoms with Crippen LogP contribution in [-0.2, 0) is 13.0 Å². The van der Waals surface area contributed by atoms with Crippen molar-refractivity contribution >= 4 is 5.69 Å². The zero-order valence-electron chi connectivity index (χ0n) is 13.2. The van der Waals surface area contributed by atoms with Crippen LogP contribution in [-0.4, -0.2) is 7.11 Å². The molecule has 3 aromatic carbocycles. The van der Waals surface area contributed by atoms with Crippen LogP contribution in [0.5, 0.6) is 5.75 Å². The van der Waals surface area contributed by atoms with E-state index in [1.807, 2.05) is 18.2 Å². The maximum absolute atomic E-state index is 5.41. The summed E-state index contributed by atoms with van der Waals surface area (Å²) >= 11 is 0. The van der Waals surface area contributed by atoms with Crippen molar-refractivity contribution in [1.29, 1.82) is 0 Å². The van der Waals surface area contributed by atoms with Gasteiger partial charge in [0.2, 0.25) is 0 Å². The Bertz CT molecular complexity index is 854. The van der Waals surface area contributed by atoms with E-state index in [2.05, 4.69) is 53.8 Å². The SMILES string of the molecule is COc1ccccc1CNc1ccc2c(c1)Cc1ccccc1-2. The van der Waals surface area contributed by atoms with Gasteiger partial charge in [0.1, 0.15) is 5.75 Å². The van der Waals surface area contributed by atoms with Gasteiger partial charge in [0.05, 0.1) is 7.11 Å². The Balaban J connectivity index is 1.55. The zero-order chi connectivity index (χ0) is 15.6. The summed E-state index contributed by atoms with van der Waals surface area (Å²) in [6.45, 7) is 0.760. The standard InChI is InChI=1S/C21H19NO/c1-23-21-9-5-3-7-16(21)14-22-18-10-11-20-17(13-18)12-15-6-2-4-8-19(15)20/h2-11,13,22H,12,14H2,1H3. The van der Waals surface area contributed by atoms with Gasteiger partial charge in [-0.1, -0.05) is 48.5 Å². The number of nitrogens with one attached hydrogen (secondary N) is 1. The molecule has 0 amide bonds. The quantitative estimate of drug-likeness (QED) is 0.580. The number of hydrogen-bond acceptors (Lipinski definition) is 2. The third-order valence-electron chi connectivity index (χ3n) is 4.47. The molecule has 1 N–H and O–H groups in total. The number of rotatable bonds is 4. The molecule has 0 atom stereocenters. The van der Waals surface area contributed by atoms with E-state index in [1.54, 1.807) is 7.11 Å². The molecule has 0 bridgehead atoms. The maximum atomic E-state index is 5.41. The van der Waals surface area contributed by atoms with Crippen LogP contribution in [0.2, 0.25) is 0 Å². The van der Waals surface area contributed by atoms with Gasteiger partial charge in [-0.3, -0.25) is 0 Å². The van der Waals surface area contributed by atoms with Crippen LogP contribution in [0.1, 0.15) is 16.7 Å². The van der Waals surface area contributed by atoms with Gasteiger partial charge in [0.15, 0.2) is 0 Å². The summed E-state index contributed by atoms with van der Waals surface area (Å²) in [6, 6.07) is 23.4. The van der Waals surface area contributed by atoms with Crippen LogP contribution >= 0.6 is 0 Å². The van der Waals surface area contributed by atoms with E-state index >= 15 is 0 Å². The van der Waals surface area contributed by atoms with Gasteiger partial charge in [-0.2, -0.15) is 0 Å². The summed E-state index contributed by atoms with van der Waals surface area (Å²) < 4.78 is 5.41. The molecule has 0 heterocycles. The number of ether oxygens (including phenoxy) is 1. The van der Waals surface area contributed by atoms with Crippen LogP contribution < -0.4 is 10.1 Å². The molecule has 1 aliphatic rings. The fourth-order valence-corrected chi connectivity index (χ4v) is 3.30. The molecule has 0 aromatic heterocycles. The van der Waals surface area contributed by atoms with Crippen molar-refractivity contribution < 1.29 is 4.74 Å². The molecule has 0 radical (unpaired) electrons. The third-order valence-corrected chi connectivity index (χ3v) is 4.47. The molecule has 3 aromatic rings. The molecule has 0 spiro atoms. The molecular weight excluding hydrogens is 282 g/mol. The van der Waals surface area contributed by atoms with E-state index in [1.165, 1.54) is 27.8 Å². The minimum absolute atomic E-state index is 0.760. The Kier molecular flexibility index (Phi) is 3.51. The number of benzene rings is 3. The van der Waals surface area contributed by atoms with Crippen LogP contribution in [0.25, 0.3) is 11.1 Å². The molecule has 0 aliphatic heterocycles. The van der Waals surface area contributed by atoms with Crippen LogP contribution in [0, 0.1) is 0 Å². The van der Waals surface area contributed by atoms with Crippen LogP contribution in [0.15, 0.2) is 66.7 Å². The second-order valence-electron chi connectivity index (χ2n) is 5.87. The molecule has 114 valence electrons. The first kappa shape index (κ1) is 13.9. The normalized spacial score (nSPS) is 11.7. The molecule has 0 unspecified atom stereocenters. The van der Waals surface area contributed by atoms with Crippen molar-refractivity contribution in [3.05, 3.63) is 83.4 Å². The minimum Gasteiger partial charge on any atom is -0.496 e. The van der Waals surface area contributed by atoms with Gasteiger partial charge in [-0.15, -0.1) is 0 Å². The van der Waals surface area contributed by atoms with Crippen molar-refractivity contribution in [3.63, 3.8) is 0 Å². The summed E-state index contributed by atoms with van der Waals surface area (Å²) in [4.78, 5) is 0. The van der Waals surface area contributed by atoms with Crippen molar-refractivity contribution in [2.24, 2.45) is 0 Å². The lowest BCUT2D eigenvalue weighted by Crippen LogP contribution is -2.01. The Hall–Kier alpha value is -2.74. The topological polar surface area (TPSA) is 21.3 Å². The van der Waals surface area contributed by atoms with Gasteiger partial charge in [-0.05, 0) is 46.9 Å². The van der Waals surface area contributed by atoms with E-state index in [0.717, 1.165) is 24.4 Å². The second kappa shape index (κ2) is 5.81. The van der Waals surface area contributed by atoms with Gasteiger partial charge in [-0.25, -0.2) is 0 Å². The largest absolute Gasteiger partial charge is 0.496 e. The number of fused-ring (bicyclic) bond motifs is 3. The summed E-state index contributed by atoms with van der Waals surface area (Å²) in [5.41, 5.74) is 7.88. The molecule has 0 saturated carbocycles. The summed E-state index contributed by atoms with van der Waals surface area (Å²) in [7, 11) is 1.71. The van der Waals surface area contributed by atoms with E-state index in [9.17, 15) is 0 Å². The highest BCUT2D eigenvalue weighted by Gasteiger charge is 2.17. The molecule has 2 nitrogen and oxygen atoms in total. The van der Waals surface area contributed by atoms with E-state index in [0.29, 0.717) is 0 Å². The number of methoxy groups -OCH3 is 1. The molecule has 1 aliphatic carbocycles. The van der Waals surface area contributed by atoms with E-state index in [-0.39, 0.29) is 0 Å². The molecule has 0 fully saturated rings. The first-order chi connectivity index (χ1) is 11.3. The molecule has 23 heavy (non-hydrogen) atoms. The first-order valence-corrected chi connectivity index (χ1v) is 7.92. The van der Waals surface area contributed by atoms with Crippen molar-refractivity contribution in [2.75, 3.05) is 12.4 Å². The number of hydrogen-bond donors (Lipinski definition) is 1. The lowest BCUT2D eigenvalue weighted by Gasteiger charge is -2.11. The lowest BCUT2D eigenvalue weighted by atomic mass is 10.1. The van der Waals surface area contributed by atoms with Crippen LogP contribution in [0.4, 0.5) is 5.69 Å². The molecule has 0 saturated heterocycles. The lowest BCUT2D eigenvalue weighted by molar-refractivity contribution is 0.410. The highest BCUT2D eigenvalue weighted by Crippen LogP contribution is 2.37. The number of anilines is 1. The van der Waals surface area contributed by atoms with Gasteiger partial charge >= 0.3 is 0 Å². The highest BCUT2D eigenvalue weighted by atomic mass is 16.5. The fourth-order valence-electron chi connectivity index (χ4n) is 3.30. The third kappa shape index (κ3) is 2.57. The summed E-state index contributed by atoms with van der Waals surface area (Å²) in [6.07, 6.45) is 1.02. The predicted molar refractivity (Wildman–Crippen MR) is 95.0 cm³/mol. The van der Waals surface area contributed by atoms with Crippen molar-refractivity contribution in [1.82, 2.24) is 0 Å². The maximum Gasteiger partial charge on any atom is 0.123 e. The Labute approximate surface area is 136 Å². The van der Waals surface area contributed by atoms with Crippen molar-refractivity contribution in [2.45, 2.75) is 13.0 Å². The Morgan fingerprint density at radius 2 is 1.65 bits per heavy atom. The van der Waals surface area contributed by atoms with Gasteiger partial charge < -0.3 is 10.1 Å². The highest BCUT2D eigenvalue weighted by molar-refractivity contribution is 5.78. The fraction of sp³-hybridized carbons (Fsp3) is 0.143. The van der Waals surface area contributed by atoms with E-state index < -0.39 is 0 Å². The summed E-state index contributed by atoms with van der Waals surface area (Å²) in [5, 5.41) is 3.51. The molecule has 4 rings (SSSR count). The van der Waals surface area contributed by atoms with E-state index in [4.69, 9.17) is 4.74 Å². The average Bonchev–Trinajstić information content (AvgIpc) is 2.98. The first-order valence-electron chi connectivity index (χ1n) is 7.92. The zero-order valence-corrected chi connectivity index (χ0v) is 13.2. The van der Waals surface area contributed by atoms with Gasteiger partial charge in [0.25, 0.3) is 0 Å².